The third-order valence-electron chi connectivity index (χ3n) is 5.97. The van der Waals surface area contributed by atoms with Crippen LogP contribution in [0.25, 0.3) is 0 Å². The Balaban J connectivity index is 1.58. The van der Waals surface area contributed by atoms with E-state index in [2.05, 4.69) is 16.7 Å². The molecule has 0 aromatic heterocycles. The molecule has 0 aliphatic carbocycles. The number of hydrogen-bond donors (Lipinski definition) is 2. The van der Waals surface area contributed by atoms with Crippen molar-refractivity contribution in [2.24, 2.45) is 0 Å². The Morgan fingerprint density at radius 2 is 1.71 bits per heavy atom. The van der Waals surface area contributed by atoms with Crippen LogP contribution in [0.15, 0.2) is 101 Å². The van der Waals surface area contributed by atoms with Crippen molar-refractivity contribution in [1.29, 1.82) is 5.26 Å². The third kappa shape index (κ3) is 6.65. The summed E-state index contributed by atoms with van der Waals surface area (Å²) < 4.78 is 5.65. The maximum atomic E-state index is 13.3. The Morgan fingerprint density at radius 3 is 2.37 bits per heavy atom. The van der Waals surface area contributed by atoms with Gasteiger partial charge in [0.25, 0.3) is 0 Å². The number of benzene rings is 3. The lowest BCUT2D eigenvalue weighted by molar-refractivity contribution is -0.140. The Kier molecular flexibility index (Phi) is 8.90. The zero-order valence-electron chi connectivity index (χ0n) is 21.0. The van der Waals surface area contributed by atoms with Crippen LogP contribution in [0, 0.1) is 18.3 Å². The maximum Gasteiger partial charge on any atom is 0.337 e. The molecule has 3 aromatic rings. The number of rotatable bonds is 8. The van der Waals surface area contributed by atoms with Gasteiger partial charge in [0, 0.05) is 16.4 Å². The van der Waals surface area contributed by atoms with Gasteiger partial charge in [-0.3, -0.25) is 4.79 Å². The molecule has 0 saturated carbocycles. The largest absolute Gasteiger partial charge is 0.457 e. The van der Waals surface area contributed by atoms with Gasteiger partial charge in [0.1, 0.15) is 6.61 Å². The van der Waals surface area contributed by atoms with Gasteiger partial charge in [-0.1, -0.05) is 83.5 Å². The first-order valence-corrected chi connectivity index (χ1v) is 13.3. The highest BCUT2D eigenvalue weighted by Crippen LogP contribution is 2.41. The second-order valence-corrected chi connectivity index (χ2v) is 10.2. The summed E-state index contributed by atoms with van der Waals surface area (Å²) >= 11 is 7.32. The van der Waals surface area contributed by atoms with Crippen LogP contribution in [0.5, 0.6) is 0 Å². The molecular formula is C30H26ClN3O3S. The molecule has 3 aromatic carbocycles. The lowest BCUT2D eigenvalue weighted by atomic mass is 9.82. The monoisotopic (exact) mass is 543 g/mol. The fraction of sp³-hybridized carbons (Fsp3) is 0.167. The molecule has 0 radical (unpaired) electrons. The van der Waals surface area contributed by atoms with Crippen LogP contribution in [0.4, 0.5) is 5.69 Å². The molecule has 38 heavy (non-hydrogen) atoms. The van der Waals surface area contributed by atoms with Gasteiger partial charge in [0.2, 0.25) is 5.91 Å². The Morgan fingerprint density at radius 1 is 1.03 bits per heavy atom. The number of allylic oxidation sites excluding steroid dienone is 2. The topological polar surface area (TPSA) is 91.2 Å². The average molecular weight is 544 g/mol. The van der Waals surface area contributed by atoms with Gasteiger partial charge in [0.15, 0.2) is 0 Å². The van der Waals surface area contributed by atoms with Crippen LogP contribution in [0.1, 0.15) is 29.5 Å². The van der Waals surface area contributed by atoms with E-state index in [1.165, 1.54) is 11.8 Å². The molecular weight excluding hydrogens is 518 g/mol. The number of nitrogens with zero attached hydrogens (tertiary/aromatic N) is 1. The second-order valence-electron chi connectivity index (χ2n) is 8.77. The lowest BCUT2D eigenvalue weighted by Gasteiger charge is -2.29. The molecule has 1 heterocycles. The van der Waals surface area contributed by atoms with Gasteiger partial charge < -0.3 is 15.4 Å². The quantitative estimate of drug-likeness (QED) is 0.317. The van der Waals surface area contributed by atoms with E-state index in [9.17, 15) is 14.9 Å². The molecule has 8 heteroatoms. The number of halogens is 1. The normalized spacial score (nSPS) is 14.9. The van der Waals surface area contributed by atoms with Gasteiger partial charge >= 0.3 is 5.97 Å². The first kappa shape index (κ1) is 27.1. The van der Waals surface area contributed by atoms with Gasteiger partial charge in [-0.05, 0) is 49.2 Å². The number of thioether (sulfide) groups is 1. The first-order valence-electron chi connectivity index (χ1n) is 11.9. The number of nitriles is 1. The average Bonchev–Trinajstić information content (AvgIpc) is 2.92. The molecule has 0 spiro atoms. The number of nitrogens with one attached hydrogen (secondary N) is 2. The summed E-state index contributed by atoms with van der Waals surface area (Å²) in [6.45, 7) is 3.85. The highest BCUT2D eigenvalue weighted by atomic mass is 35.5. The molecule has 0 unspecified atom stereocenters. The third-order valence-corrected chi connectivity index (χ3v) is 7.24. The highest BCUT2D eigenvalue weighted by Gasteiger charge is 2.35. The van der Waals surface area contributed by atoms with Crippen molar-refractivity contribution in [2.45, 2.75) is 26.4 Å². The number of carbonyl (C=O) groups excluding carboxylic acids is 2. The van der Waals surface area contributed by atoms with E-state index >= 15 is 0 Å². The van der Waals surface area contributed by atoms with E-state index in [1.807, 2.05) is 61.5 Å². The number of ether oxygens (including phenoxy) is 1. The minimum Gasteiger partial charge on any atom is -0.457 e. The van der Waals surface area contributed by atoms with E-state index in [4.69, 9.17) is 16.3 Å². The summed E-state index contributed by atoms with van der Waals surface area (Å²) in [5.74, 6) is -1.32. The Labute approximate surface area is 231 Å². The van der Waals surface area contributed by atoms with Crippen LogP contribution in [0.3, 0.4) is 0 Å². The van der Waals surface area contributed by atoms with Crippen molar-refractivity contribution in [1.82, 2.24) is 5.32 Å². The minimum absolute atomic E-state index is 0.0792. The molecule has 192 valence electrons. The van der Waals surface area contributed by atoms with Crippen LogP contribution < -0.4 is 10.6 Å². The summed E-state index contributed by atoms with van der Waals surface area (Å²) in [5.41, 5.74) is 4.61. The molecule has 1 atom stereocenters. The Bertz CT molecular complexity index is 1430. The van der Waals surface area contributed by atoms with Gasteiger partial charge in [-0.2, -0.15) is 5.26 Å². The molecule has 1 aliphatic heterocycles. The van der Waals surface area contributed by atoms with E-state index in [1.54, 1.807) is 31.2 Å². The summed E-state index contributed by atoms with van der Waals surface area (Å²) in [5, 5.41) is 17.3. The van der Waals surface area contributed by atoms with Gasteiger partial charge in [-0.25, -0.2) is 4.79 Å². The molecule has 4 rings (SSSR count). The van der Waals surface area contributed by atoms with Crippen LogP contribution in [-0.2, 0) is 20.9 Å². The van der Waals surface area contributed by atoms with E-state index < -0.39 is 11.9 Å². The van der Waals surface area contributed by atoms with Crippen LogP contribution in [-0.4, -0.2) is 17.6 Å². The fourth-order valence-electron chi connectivity index (χ4n) is 4.06. The fourth-order valence-corrected chi connectivity index (χ4v) is 5.08. The van der Waals surface area contributed by atoms with Crippen molar-refractivity contribution in [3.8, 4) is 6.07 Å². The minimum atomic E-state index is -0.676. The number of carbonyl (C=O) groups is 2. The van der Waals surface area contributed by atoms with Crippen molar-refractivity contribution in [3.05, 3.63) is 122 Å². The molecule has 0 bridgehead atoms. The second kappa shape index (κ2) is 12.5. The van der Waals surface area contributed by atoms with Crippen molar-refractivity contribution in [2.75, 3.05) is 11.1 Å². The predicted octanol–water partition coefficient (Wildman–Crippen LogP) is 6.46. The zero-order chi connectivity index (χ0) is 27.1. The Hall–Kier alpha value is -3.99. The van der Waals surface area contributed by atoms with Crippen molar-refractivity contribution in [3.63, 3.8) is 0 Å². The summed E-state index contributed by atoms with van der Waals surface area (Å²) in [4.78, 5) is 26.0. The molecule has 1 aliphatic rings. The lowest BCUT2D eigenvalue weighted by Crippen LogP contribution is -2.29. The van der Waals surface area contributed by atoms with E-state index in [-0.39, 0.29) is 18.3 Å². The van der Waals surface area contributed by atoms with Gasteiger partial charge in [-0.15, -0.1) is 0 Å². The number of amides is 1. The van der Waals surface area contributed by atoms with E-state index in [0.717, 1.165) is 16.7 Å². The zero-order valence-corrected chi connectivity index (χ0v) is 22.5. The summed E-state index contributed by atoms with van der Waals surface area (Å²) in [6, 6.07) is 26.2. The predicted molar refractivity (Wildman–Crippen MR) is 151 cm³/mol. The molecule has 2 N–H and O–H groups in total. The smallest absolute Gasteiger partial charge is 0.337 e. The van der Waals surface area contributed by atoms with Gasteiger partial charge in [0.05, 0.1) is 33.9 Å². The number of anilines is 1. The van der Waals surface area contributed by atoms with Crippen LogP contribution in [0.2, 0.25) is 5.02 Å². The highest BCUT2D eigenvalue weighted by molar-refractivity contribution is 8.03. The number of aryl methyl sites for hydroxylation is 1. The molecule has 6 nitrogen and oxygen atoms in total. The maximum absolute atomic E-state index is 13.3. The van der Waals surface area contributed by atoms with Crippen molar-refractivity contribution < 1.29 is 14.3 Å². The molecule has 0 fully saturated rings. The first-order chi connectivity index (χ1) is 18.4. The standard InChI is InChI=1S/C30H26ClN3O3S/c1-19-8-14-24(15-9-19)34-26(35)18-38-29-25(16-32)28(22-10-12-23(31)13-11-22)27(20(2)33-29)30(36)37-17-21-6-4-3-5-7-21/h3-15,28,33H,17-18H2,1-2H3,(H,34,35)/t28-/m0/s1. The number of hydrogen-bond acceptors (Lipinski definition) is 6. The SMILES string of the molecule is CC1=C(C(=O)OCc2ccccc2)[C@@H](c2ccc(Cl)cc2)C(C#N)=C(SCC(=O)Nc2ccc(C)cc2)N1. The molecule has 1 amide bonds. The summed E-state index contributed by atoms with van der Waals surface area (Å²) in [7, 11) is 0. The van der Waals surface area contributed by atoms with E-state index in [0.29, 0.717) is 32.6 Å². The molecule has 0 saturated heterocycles. The van der Waals surface area contributed by atoms with Crippen molar-refractivity contribution >= 4 is 40.9 Å². The van der Waals surface area contributed by atoms with Crippen LogP contribution >= 0.6 is 23.4 Å². The summed E-state index contributed by atoms with van der Waals surface area (Å²) in [6.07, 6.45) is 0. The number of esters is 1. The number of dihydropyridines is 1.